The third-order valence-electron chi connectivity index (χ3n) is 4.56. The Labute approximate surface area is 205 Å². The molecule has 0 atom stereocenters. The van der Waals surface area contributed by atoms with Crippen LogP contribution in [0.3, 0.4) is 0 Å². The highest BCUT2D eigenvalue weighted by Crippen LogP contribution is 2.33. The number of benzene rings is 3. The van der Waals surface area contributed by atoms with Gasteiger partial charge in [-0.1, -0.05) is 63.4 Å². The van der Waals surface area contributed by atoms with Crippen LogP contribution in [0.2, 0.25) is 10.0 Å². The lowest BCUT2D eigenvalue weighted by atomic mass is 10.0. The summed E-state index contributed by atoms with van der Waals surface area (Å²) < 4.78 is 6.65. The van der Waals surface area contributed by atoms with Crippen molar-refractivity contribution in [3.63, 3.8) is 0 Å². The van der Waals surface area contributed by atoms with E-state index >= 15 is 0 Å². The number of nitrogens with one attached hydrogen (secondary N) is 1. The molecule has 4 nitrogen and oxygen atoms in total. The zero-order valence-electron chi connectivity index (χ0n) is 17.2. The van der Waals surface area contributed by atoms with Crippen LogP contribution in [-0.4, -0.2) is 12.5 Å². The Morgan fingerprint density at radius 2 is 1.94 bits per heavy atom. The third kappa shape index (κ3) is 6.14. The van der Waals surface area contributed by atoms with Gasteiger partial charge in [0, 0.05) is 32.2 Å². The molecule has 0 heterocycles. The second kappa shape index (κ2) is 11.2. The number of ether oxygens (including phenoxy) is 1. The van der Waals surface area contributed by atoms with Gasteiger partial charge in [0.05, 0.1) is 6.61 Å². The summed E-state index contributed by atoms with van der Waals surface area (Å²) in [5.74, 6) is 0.129. The Bertz CT molecular complexity index is 1220. The van der Waals surface area contributed by atoms with E-state index in [1.165, 1.54) is 6.08 Å². The van der Waals surface area contributed by atoms with Gasteiger partial charge in [-0.15, -0.1) is 0 Å². The number of hydrogen-bond donors (Lipinski definition) is 1. The van der Waals surface area contributed by atoms with Crippen molar-refractivity contribution < 1.29 is 9.53 Å². The second-order valence-electron chi connectivity index (χ2n) is 6.81. The highest BCUT2D eigenvalue weighted by atomic mass is 79.9. The average Bonchev–Trinajstić information content (AvgIpc) is 2.75. The Kier molecular flexibility index (Phi) is 8.35. The number of carbonyl (C=O) groups excluding carboxylic acids is 1. The van der Waals surface area contributed by atoms with Gasteiger partial charge in [-0.2, -0.15) is 5.26 Å². The van der Waals surface area contributed by atoms with Crippen molar-refractivity contribution in [2.45, 2.75) is 13.3 Å². The number of hydrogen-bond acceptors (Lipinski definition) is 3. The summed E-state index contributed by atoms with van der Waals surface area (Å²) in [6, 6.07) is 20.0. The van der Waals surface area contributed by atoms with Gasteiger partial charge in [-0.3, -0.25) is 4.79 Å². The summed E-state index contributed by atoms with van der Waals surface area (Å²) >= 11 is 15.9. The molecule has 0 fully saturated rings. The first-order valence-corrected chi connectivity index (χ1v) is 11.3. The summed E-state index contributed by atoms with van der Waals surface area (Å²) in [6.45, 7) is 2.37. The predicted octanol–water partition coefficient (Wildman–Crippen LogP) is 7.29. The molecule has 0 saturated carbocycles. The van der Waals surface area contributed by atoms with Crippen molar-refractivity contribution in [2.75, 3.05) is 11.9 Å². The van der Waals surface area contributed by atoms with E-state index in [1.807, 2.05) is 49.4 Å². The van der Waals surface area contributed by atoms with Gasteiger partial charge in [0.2, 0.25) is 0 Å². The molecule has 0 aliphatic carbocycles. The Morgan fingerprint density at radius 3 is 2.62 bits per heavy atom. The Hall–Kier alpha value is -2.78. The van der Waals surface area contributed by atoms with Gasteiger partial charge in [0.15, 0.2) is 0 Å². The van der Waals surface area contributed by atoms with E-state index in [0.717, 1.165) is 15.6 Å². The van der Waals surface area contributed by atoms with Crippen LogP contribution < -0.4 is 10.1 Å². The lowest BCUT2D eigenvalue weighted by molar-refractivity contribution is -0.112. The van der Waals surface area contributed by atoms with E-state index in [9.17, 15) is 10.1 Å². The second-order valence-corrected chi connectivity index (χ2v) is 8.51. The van der Waals surface area contributed by atoms with Crippen molar-refractivity contribution in [1.82, 2.24) is 0 Å². The van der Waals surface area contributed by atoms with E-state index in [-0.39, 0.29) is 5.57 Å². The maximum absolute atomic E-state index is 12.6. The molecule has 0 saturated heterocycles. The number of nitriles is 1. The maximum Gasteiger partial charge on any atom is 0.266 e. The van der Waals surface area contributed by atoms with E-state index in [0.29, 0.717) is 40.1 Å². The van der Waals surface area contributed by atoms with Gasteiger partial charge >= 0.3 is 0 Å². The maximum atomic E-state index is 12.6. The van der Waals surface area contributed by atoms with Crippen LogP contribution in [0.1, 0.15) is 23.6 Å². The molecular formula is C25H19BrCl2N2O2. The highest BCUT2D eigenvalue weighted by Gasteiger charge is 2.15. The van der Waals surface area contributed by atoms with Crippen LogP contribution in [0.25, 0.3) is 6.08 Å². The van der Waals surface area contributed by atoms with Crippen molar-refractivity contribution in [3.05, 3.63) is 97.4 Å². The fourth-order valence-electron chi connectivity index (χ4n) is 3.08. The fraction of sp³-hybridized carbons (Fsp3) is 0.120. The van der Waals surface area contributed by atoms with Crippen LogP contribution in [0, 0.1) is 11.3 Å². The quantitative estimate of drug-likeness (QED) is 0.258. The van der Waals surface area contributed by atoms with Gasteiger partial charge in [0.1, 0.15) is 17.4 Å². The fourth-order valence-corrected chi connectivity index (χ4v) is 4.08. The first-order valence-electron chi connectivity index (χ1n) is 9.78. The molecule has 3 aromatic carbocycles. The van der Waals surface area contributed by atoms with E-state index < -0.39 is 5.91 Å². The minimum absolute atomic E-state index is 0.0434. The predicted molar refractivity (Wildman–Crippen MR) is 133 cm³/mol. The summed E-state index contributed by atoms with van der Waals surface area (Å²) in [7, 11) is 0. The molecule has 3 aromatic rings. The van der Waals surface area contributed by atoms with Crippen molar-refractivity contribution in [3.8, 4) is 11.8 Å². The number of rotatable bonds is 7. The largest absolute Gasteiger partial charge is 0.494 e. The zero-order valence-corrected chi connectivity index (χ0v) is 20.3. The molecule has 7 heteroatoms. The minimum atomic E-state index is -0.524. The normalized spacial score (nSPS) is 11.0. The van der Waals surface area contributed by atoms with Crippen LogP contribution >= 0.6 is 39.1 Å². The number of anilines is 1. The van der Waals surface area contributed by atoms with E-state index in [2.05, 4.69) is 21.2 Å². The number of carbonyl (C=O) groups is 1. The van der Waals surface area contributed by atoms with Crippen molar-refractivity contribution in [2.24, 2.45) is 0 Å². The molecule has 0 aromatic heterocycles. The van der Waals surface area contributed by atoms with Gasteiger partial charge in [-0.25, -0.2) is 0 Å². The molecule has 0 radical (unpaired) electrons. The molecule has 0 bridgehead atoms. The van der Waals surface area contributed by atoms with Gasteiger partial charge < -0.3 is 10.1 Å². The molecule has 32 heavy (non-hydrogen) atoms. The van der Waals surface area contributed by atoms with Crippen molar-refractivity contribution in [1.29, 1.82) is 5.26 Å². The van der Waals surface area contributed by atoms with Crippen LogP contribution in [0.5, 0.6) is 5.75 Å². The zero-order chi connectivity index (χ0) is 23.1. The first-order chi connectivity index (χ1) is 15.4. The standard InChI is InChI=1S/C25H19BrCl2N2O2/c1-2-32-24-12-16(11-22(26)21(24)13-17-6-3-4-9-23(17)28)10-18(15-29)25(31)30-20-8-5-7-19(27)14-20/h3-12,14H,2,13H2,1H3,(H,30,31)/b18-10+. The summed E-state index contributed by atoms with van der Waals surface area (Å²) in [5, 5.41) is 13.4. The molecule has 0 aliphatic heterocycles. The summed E-state index contributed by atoms with van der Waals surface area (Å²) in [4.78, 5) is 12.6. The molecule has 3 rings (SSSR count). The van der Waals surface area contributed by atoms with Gasteiger partial charge in [0.25, 0.3) is 5.91 Å². The first kappa shape index (κ1) is 23.9. The molecule has 162 valence electrons. The van der Waals surface area contributed by atoms with E-state index in [4.69, 9.17) is 27.9 Å². The van der Waals surface area contributed by atoms with Crippen LogP contribution in [0.4, 0.5) is 5.69 Å². The SMILES string of the molecule is CCOc1cc(/C=C(\C#N)C(=O)Nc2cccc(Cl)c2)cc(Br)c1Cc1ccccc1Cl. The highest BCUT2D eigenvalue weighted by molar-refractivity contribution is 9.10. The smallest absolute Gasteiger partial charge is 0.266 e. The van der Waals surface area contributed by atoms with Gasteiger partial charge in [-0.05, 0) is 60.5 Å². The molecular weight excluding hydrogens is 511 g/mol. The topological polar surface area (TPSA) is 62.1 Å². The molecule has 0 aliphatic rings. The Morgan fingerprint density at radius 1 is 1.16 bits per heavy atom. The molecule has 1 N–H and O–H groups in total. The number of amides is 1. The number of halogens is 3. The minimum Gasteiger partial charge on any atom is -0.494 e. The van der Waals surface area contributed by atoms with E-state index in [1.54, 1.807) is 24.3 Å². The molecule has 0 spiro atoms. The van der Waals surface area contributed by atoms with Crippen LogP contribution in [-0.2, 0) is 11.2 Å². The molecule has 0 unspecified atom stereocenters. The average molecular weight is 530 g/mol. The summed E-state index contributed by atoms with van der Waals surface area (Å²) in [6.07, 6.45) is 2.09. The molecule has 1 amide bonds. The van der Waals surface area contributed by atoms with Crippen LogP contribution in [0.15, 0.2) is 70.7 Å². The third-order valence-corrected chi connectivity index (χ3v) is 5.87. The van der Waals surface area contributed by atoms with Crippen molar-refractivity contribution >= 4 is 56.8 Å². The number of nitrogens with zero attached hydrogens (tertiary/aromatic N) is 1. The summed E-state index contributed by atoms with van der Waals surface area (Å²) in [5.41, 5.74) is 3.02. The lowest BCUT2D eigenvalue weighted by Crippen LogP contribution is -2.13. The lowest BCUT2D eigenvalue weighted by Gasteiger charge is -2.15. The monoisotopic (exact) mass is 528 g/mol. The Balaban J connectivity index is 1.92.